The number of esters is 3. The zero-order chi connectivity index (χ0) is 32.4. The van der Waals surface area contributed by atoms with Crippen molar-refractivity contribution < 1.29 is 42.9 Å². The zero-order valence-electron chi connectivity index (χ0n) is 27.3. The number of hydrogen-bond donors (Lipinski definition) is 0. The maximum atomic E-state index is 12.8. The molecule has 1 aliphatic rings. The number of rotatable bonds is 22. The molecule has 0 bridgehead atoms. The Kier molecular flexibility index (Phi) is 17.2. The molecule has 250 valence electrons. The van der Waals surface area contributed by atoms with Gasteiger partial charge in [-0.05, 0) is 52.4 Å². The van der Waals surface area contributed by atoms with E-state index in [2.05, 4.69) is 10.3 Å². The summed E-state index contributed by atoms with van der Waals surface area (Å²) in [4.78, 5) is 49.3. The van der Waals surface area contributed by atoms with E-state index >= 15 is 0 Å². The topological polar surface area (TPSA) is 145 Å². The lowest BCUT2D eigenvalue weighted by atomic mass is 9.79. The number of aryl methyl sites for hydroxylation is 1. The van der Waals surface area contributed by atoms with Crippen molar-refractivity contribution in [2.75, 3.05) is 39.8 Å². The van der Waals surface area contributed by atoms with Crippen LogP contribution >= 0.6 is 0 Å². The van der Waals surface area contributed by atoms with Crippen molar-refractivity contribution in [2.24, 2.45) is 23.2 Å². The molecule has 0 aromatic carbocycles. The van der Waals surface area contributed by atoms with E-state index in [0.717, 1.165) is 18.0 Å². The fourth-order valence-electron chi connectivity index (χ4n) is 5.26. The highest BCUT2D eigenvalue weighted by Gasteiger charge is 2.37. The molecule has 1 heterocycles. The van der Waals surface area contributed by atoms with Crippen LogP contribution < -0.4 is 0 Å². The number of aromatic nitrogens is 3. The first-order valence-electron chi connectivity index (χ1n) is 16.1. The molecule has 0 saturated heterocycles. The van der Waals surface area contributed by atoms with E-state index < -0.39 is 35.2 Å². The Morgan fingerprint density at radius 1 is 0.977 bits per heavy atom. The zero-order valence-corrected chi connectivity index (χ0v) is 27.3. The van der Waals surface area contributed by atoms with Gasteiger partial charge in [0, 0.05) is 12.6 Å². The van der Waals surface area contributed by atoms with Gasteiger partial charge in [-0.25, -0.2) is 4.68 Å². The molecule has 0 aliphatic heterocycles. The minimum Gasteiger partial charge on any atom is -0.466 e. The first kappa shape index (κ1) is 37.3. The molecule has 0 spiro atoms. The van der Waals surface area contributed by atoms with Crippen LogP contribution in [-0.4, -0.2) is 78.5 Å². The highest BCUT2D eigenvalue weighted by Crippen LogP contribution is 2.32. The molecule has 12 nitrogen and oxygen atoms in total. The quantitative estimate of drug-likeness (QED) is 0.0780. The maximum absolute atomic E-state index is 12.8. The summed E-state index contributed by atoms with van der Waals surface area (Å²) >= 11 is 0. The van der Waals surface area contributed by atoms with E-state index in [1.165, 1.54) is 38.5 Å². The summed E-state index contributed by atoms with van der Waals surface area (Å²) in [7, 11) is 0. The third-order valence-electron chi connectivity index (χ3n) is 7.97. The fourth-order valence-corrected chi connectivity index (χ4v) is 5.26. The molecule has 1 aromatic rings. The van der Waals surface area contributed by atoms with Crippen LogP contribution in [0, 0.1) is 23.2 Å². The molecule has 1 fully saturated rings. The van der Waals surface area contributed by atoms with Crippen LogP contribution in [0.5, 0.6) is 0 Å². The standard InChI is InChI=1S/C32H53N3O9/c1-6-28(36)22-43-29(37)24(3)19-26(30(38)42-7-2)20-32(4,5)31(39)44-23-41-18-17-40-16-15-35-21-27(33-34-35)14-13-25-11-9-8-10-12-25/h21,24-26H,6-20,22-23H2,1-5H3. The lowest BCUT2D eigenvalue weighted by Gasteiger charge is -2.28. The second kappa shape index (κ2) is 20.2. The van der Waals surface area contributed by atoms with Gasteiger partial charge in [-0.1, -0.05) is 51.2 Å². The summed E-state index contributed by atoms with van der Waals surface area (Å²) in [6.07, 6.45) is 11.3. The van der Waals surface area contributed by atoms with Crippen LogP contribution in [0.4, 0.5) is 0 Å². The summed E-state index contributed by atoms with van der Waals surface area (Å²) in [6, 6.07) is 0. The summed E-state index contributed by atoms with van der Waals surface area (Å²) in [5.41, 5.74) is -0.0269. The third-order valence-corrected chi connectivity index (χ3v) is 7.97. The minimum atomic E-state index is -1.05. The molecule has 1 aromatic heterocycles. The van der Waals surface area contributed by atoms with E-state index in [0.29, 0.717) is 19.8 Å². The number of nitrogens with zero attached hydrogens (tertiary/aromatic N) is 3. The molecule has 0 amide bonds. The van der Waals surface area contributed by atoms with Crippen molar-refractivity contribution in [3.63, 3.8) is 0 Å². The van der Waals surface area contributed by atoms with Gasteiger partial charge in [0.25, 0.3) is 0 Å². The maximum Gasteiger partial charge on any atom is 0.313 e. The first-order chi connectivity index (χ1) is 21.1. The van der Waals surface area contributed by atoms with Crippen molar-refractivity contribution in [3.8, 4) is 0 Å². The largest absolute Gasteiger partial charge is 0.466 e. The van der Waals surface area contributed by atoms with Gasteiger partial charge < -0.3 is 23.7 Å². The monoisotopic (exact) mass is 623 g/mol. The van der Waals surface area contributed by atoms with E-state index in [4.69, 9.17) is 23.7 Å². The molecular formula is C32H53N3O9. The molecule has 2 rings (SSSR count). The minimum absolute atomic E-state index is 0.101. The lowest BCUT2D eigenvalue weighted by Crippen LogP contribution is -2.34. The van der Waals surface area contributed by atoms with E-state index in [1.807, 2.05) is 6.20 Å². The van der Waals surface area contributed by atoms with Crippen LogP contribution in [0.1, 0.15) is 98.1 Å². The molecule has 12 heteroatoms. The van der Waals surface area contributed by atoms with Gasteiger partial charge in [0.2, 0.25) is 0 Å². The Balaban J connectivity index is 1.65. The van der Waals surface area contributed by atoms with Crippen LogP contribution in [0.2, 0.25) is 0 Å². The van der Waals surface area contributed by atoms with Crippen molar-refractivity contribution in [1.82, 2.24) is 15.0 Å². The average Bonchev–Trinajstić information content (AvgIpc) is 3.47. The van der Waals surface area contributed by atoms with Gasteiger partial charge in [0.15, 0.2) is 12.6 Å². The number of Topliss-reactive ketones (excluding diaryl/α,β-unsaturated/α-hetero) is 1. The third kappa shape index (κ3) is 14.3. The number of carbonyl (C=O) groups is 4. The average molecular weight is 624 g/mol. The number of carbonyl (C=O) groups excluding carboxylic acids is 4. The number of ketones is 1. The Hall–Kier alpha value is -2.86. The van der Waals surface area contributed by atoms with Crippen LogP contribution in [0.3, 0.4) is 0 Å². The first-order valence-corrected chi connectivity index (χ1v) is 16.1. The molecule has 0 N–H and O–H groups in total. The predicted molar refractivity (Wildman–Crippen MR) is 161 cm³/mol. The predicted octanol–water partition coefficient (Wildman–Crippen LogP) is 4.47. The Labute approximate surface area is 261 Å². The summed E-state index contributed by atoms with van der Waals surface area (Å²) in [5.74, 6) is -2.40. The summed E-state index contributed by atoms with van der Waals surface area (Å²) in [5, 5.41) is 8.46. The molecule has 0 radical (unpaired) electrons. The molecular weight excluding hydrogens is 570 g/mol. The van der Waals surface area contributed by atoms with Gasteiger partial charge in [-0.3, -0.25) is 19.2 Å². The Bertz CT molecular complexity index is 1020. The molecule has 1 saturated carbocycles. The van der Waals surface area contributed by atoms with Crippen molar-refractivity contribution in [1.29, 1.82) is 0 Å². The normalized spacial score (nSPS) is 15.4. The summed E-state index contributed by atoms with van der Waals surface area (Å²) < 4.78 is 28.4. The SMILES string of the molecule is CCOC(=O)C(CC(C)C(=O)OCC(=O)CC)CC(C)(C)C(=O)OCOCCOCCn1cc(CCC2CCCCC2)nn1. The second-order valence-corrected chi connectivity index (χ2v) is 12.3. The smallest absolute Gasteiger partial charge is 0.313 e. The van der Waals surface area contributed by atoms with E-state index in [9.17, 15) is 19.2 Å². The Morgan fingerprint density at radius 2 is 1.70 bits per heavy atom. The molecule has 2 atom stereocenters. The van der Waals surface area contributed by atoms with Crippen molar-refractivity contribution in [2.45, 2.75) is 105 Å². The highest BCUT2D eigenvalue weighted by molar-refractivity contribution is 5.83. The number of ether oxygens (including phenoxy) is 5. The lowest BCUT2D eigenvalue weighted by molar-refractivity contribution is -0.170. The van der Waals surface area contributed by atoms with Gasteiger partial charge in [0.05, 0.1) is 55.9 Å². The van der Waals surface area contributed by atoms with Gasteiger partial charge >= 0.3 is 17.9 Å². The molecule has 2 unspecified atom stereocenters. The van der Waals surface area contributed by atoms with E-state index in [-0.39, 0.29) is 51.7 Å². The highest BCUT2D eigenvalue weighted by atomic mass is 16.7. The van der Waals surface area contributed by atoms with Crippen LogP contribution in [-0.2, 0) is 55.8 Å². The number of hydrogen-bond acceptors (Lipinski definition) is 11. The second-order valence-electron chi connectivity index (χ2n) is 12.3. The van der Waals surface area contributed by atoms with Crippen LogP contribution in [0.25, 0.3) is 0 Å². The molecule has 1 aliphatic carbocycles. The van der Waals surface area contributed by atoms with Crippen molar-refractivity contribution in [3.05, 3.63) is 11.9 Å². The Morgan fingerprint density at radius 3 is 2.41 bits per heavy atom. The fraction of sp³-hybridized carbons (Fsp3) is 0.812. The van der Waals surface area contributed by atoms with E-state index in [1.54, 1.807) is 39.3 Å². The van der Waals surface area contributed by atoms with Gasteiger partial charge in [-0.2, -0.15) is 0 Å². The van der Waals surface area contributed by atoms with Crippen LogP contribution in [0.15, 0.2) is 6.20 Å². The van der Waals surface area contributed by atoms with Gasteiger partial charge in [0.1, 0.15) is 6.61 Å². The summed E-state index contributed by atoms with van der Waals surface area (Å²) in [6.45, 7) is 9.56. The molecule has 44 heavy (non-hydrogen) atoms. The van der Waals surface area contributed by atoms with Gasteiger partial charge in [-0.15, -0.1) is 5.10 Å². The van der Waals surface area contributed by atoms with Crippen molar-refractivity contribution >= 4 is 23.7 Å².